The molecule has 172 valence electrons. The number of aryl methyl sites for hydroxylation is 1. The average molecular weight is 454 g/mol. The van der Waals surface area contributed by atoms with Crippen molar-refractivity contribution < 1.29 is 0 Å². The van der Waals surface area contributed by atoms with Crippen molar-refractivity contribution in [1.82, 2.24) is 0 Å². The van der Waals surface area contributed by atoms with E-state index in [9.17, 15) is 0 Å². The van der Waals surface area contributed by atoms with Crippen LogP contribution in [-0.4, -0.2) is 0 Å². The van der Waals surface area contributed by atoms with Gasteiger partial charge in [0.15, 0.2) is 0 Å². The molecule has 0 saturated carbocycles. The van der Waals surface area contributed by atoms with Crippen LogP contribution in [0.25, 0.3) is 11.6 Å². The Morgan fingerprint density at radius 3 is 1.66 bits per heavy atom. The van der Waals surface area contributed by atoms with Crippen LogP contribution >= 0.6 is 0 Å². The summed E-state index contributed by atoms with van der Waals surface area (Å²) in [5, 5.41) is 0. The summed E-state index contributed by atoms with van der Waals surface area (Å²) in [7, 11) is 0. The van der Waals surface area contributed by atoms with Crippen molar-refractivity contribution in [2.45, 2.75) is 26.7 Å². The molecule has 0 N–H and O–H groups in total. The zero-order valence-electron chi connectivity index (χ0n) is 20.5. The van der Waals surface area contributed by atoms with Crippen molar-refractivity contribution in [2.75, 3.05) is 4.90 Å². The molecule has 0 aromatic heterocycles. The molecule has 1 aliphatic rings. The van der Waals surface area contributed by atoms with E-state index in [1.54, 1.807) is 0 Å². The molecule has 4 aromatic carbocycles. The van der Waals surface area contributed by atoms with Gasteiger partial charge in [0, 0.05) is 17.1 Å². The smallest absolute Gasteiger partial charge is 0.0458 e. The number of hydrogen-bond acceptors (Lipinski definition) is 1. The number of rotatable bonds is 6. The number of benzene rings is 4. The van der Waals surface area contributed by atoms with Crippen molar-refractivity contribution in [3.05, 3.63) is 155 Å². The molecular weight excluding hydrogens is 422 g/mol. The summed E-state index contributed by atoms with van der Waals surface area (Å²) in [4.78, 5) is 2.39. The van der Waals surface area contributed by atoms with Gasteiger partial charge in [-0.15, -0.1) is 0 Å². The third-order valence-corrected chi connectivity index (χ3v) is 6.55. The van der Waals surface area contributed by atoms with Crippen molar-refractivity contribution in [1.29, 1.82) is 0 Å². The van der Waals surface area contributed by atoms with Crippen LogP contribution < -0.4 is 4.90 Å². The van der Waals surface area contributed by atoms with Gasteiger partial charge in [0.2, 0.25) is 0 Å². The molecule has 0 aliphatic heterocycles. The second-order valence-corrected chi connectivity index (χ2v) is 9.22. The van der Waals surface area contributed by atoms with E-state index >= 15 is 0 Å². The highest BCUT2D eigenvalue weighted by atomic mass is 15.1. The van der Waals surface area contributed by atoms with E-state index in [0.29, 0.717) is 0 Å². The molecular formula is C34H31N. The fraction of sp³-hybridized carbons (Fsp3) is 0.118. The van der Waals surface area contributed by atoms with Crippen LogP contribution in [0, 0.1) is 6.92 Å². The molecule has 0 radical (unpaired) electrons. The summed E-state index contributed by atoms with van der Waals surface area (Å²) in [5.41, 5.74) is 11.3. The summed E-state index contributed by atoms with van der Waals surface area (Å²) in [6.07, 6.45) is 8.96. The predicted molar refractivity (Wildman–Crippen MR) is 151 cm³/mol. The Kier molecular flexibility index (Phi) is 6.77. The minimum atomic E-state index is 1.05. The van der Waals surface area contributed by atoms with E-state index in [1.165, 1.54) is 50.5 Å². The highest BCUT2D eigenvalue weighted by Gasteiger charge is 2.16. The summed E-state index contributed by atoms with van der Waals surface area (Å²) < 4.78 is 0. The predicted octanol–water partition coefficient (Wildman–Crippen LogP) is 9.35. The summed E-state index contributed by atoms with van der Waals surface area (Å²) >= 11 is 0. The van der Waals surface area contributed by atoms with Gasteiger partial charge in [-0.2, -0.15) is 0 Å². The van der Waals surface area contributed by atoms with Crippen LogP contribution in [0.1, 0.15) is 42.0 Å². The monoisotopic (exact) mass is 453 g/mol. The molecule has 0 amide bonds. The first-order chi connectivity index (χ1) is 17.2. The molecule has 0 spiro atoms. The fourth-order valence-electron chi connectivity index (χ4n) is 4.55. The lowest BCUT2D eigenvalue weighted by Crippen LogP contribution is -2.17. The molecule has 1 nitrogen and oxygen atoms in total. The van der Waals surface area contributed by atoms with E-state index in [-0.39, 0.29) is 0 Å². The van der Waals surface area contributed by atoms with Crippen LogP contribution in [-0.2, 0) is 0 Å². The van der Waals surface area contributed by atoms with E-state index in [0.717, 1.165) is 12.8 Å². The zero-order valence-corrected chi connectivity index (χ0v) is 20.5. The molecule has 35 heavy (non-hydrogen) atoms. The molecule has 4 aromatic rings. The Balaban J connectivity index is 1.53. The van der Waals surface area contributed by atoms with E-state index < -0.39 is 0 Å². The Bertz CT molecular complexity index is 1310. The Morgan fingerprint density at radius 1 is 0.600 bits per heavy atom. The number of nitrogens with zero attached hydrogens (tertiary/aromatic N) is 1. The second kappa shape index (κ2) is 10.4. The Morgan fingerprint density at radius 2 is 1.14 bits per heavy atom. The largest absolute Gasteiger partial charge is 0.314 e. The van der Waals surface area contributed by atoms with Crippen molar-refractivity contribution in [3.63, 3.8) is 0 Å². The van der Waals surface area contributed by atoms with Crippen LogP contribution in [0.3, 0.4) is 0 Å². The fourth-order valence-corrected chi connectivity index (χ4v) is 4.55. The number of hydrogen-bond donors (Lipinski definition) is 0. The van der Waals surface area contributed by atoms with Gasteiger partial charge in [-0.3, -0.25) is 0 Å². The maximum atomic E-state index is 2.39. The SMILES string of the molecule is CC1=CC=C(N(c2ccc(C)cc2)c2ccc(C=C(c3ccccc3)c3ccccc3)cc2)CC1. The van der Waals surface area contributed by atoms with Crippen LogP contribution in [0.15, 0.2) is 133 Å². The number of anilines is 2. The first-order valence-corrected chi connectivity index (χ1v) is 12.3. The molecule has 0 bridgehead atoms. The maximum Gasteiger partial charge on any atom is 0.0458 e. The molecule has 0 fully saturated rings. The van der Waals surface area contributed by atoms with Gasteiger partial charge in [0.25, 0.3) is 0 Å². The van der Waals surface area contributed by atoms with Gasteiger partial charge < -0.3 is 4.90 Å². The van der Waals surface area contributed by atoms with E-state index in [4.69, 9.17) is 0 Å². The highest BCUT2D eigenvalue weighted by Crippen LogP contribution is 2.35. The molecule has 1 aliphatic carbocycles. The molecule has 0 saturated heterocycles. The third kappa shape index (κ3) is 5.36. The summed E-state index contributed by atoms with van der Waals surface area (Å²) in [6, 6.07) is 39.0. The first kappa shape index (κ1) is 22.7. The van der Waals surface area contributed by atoms with Gasteiger partial charge in [-0.1, -0.05) is 102 Å². The van der Waals surface area contributed by atoms with Crippen molar-refractivity contribution >= 4 is 23.0 Å². The van der Waals surface area contributed by atoms with Crippen LogP contribution in [0.5, 0.6) is 0 Å². The normalized spacial score (nSPS) is 13.0. The van der Waals surface area contributed by atoms with E-state index in [1.807, 2.05) is 0 Å². The van der Waals surface area contributed by atoms with Crippen molar-refractivity contribution in [2.24, 2.45) is 0 Å². The lowest BCUT2D eigenvalue weighted by molar-refractivity contribution is 0.874. The lowest BCUT2D eigenvalue weighted by atomic mass is 9.95. The van der Waals surface area contributed by atoms with Gasteiger partial charge in [0.05, 0.1) is 0 Å². The van der Waals surface area contributed by atoms with Gasteiger partial charge >= 0.3 is 0 Å². The zero-order chi connectivity index (χ0) is 24.0. The third-order valence-electron chi connectivity index (χ3n) is 6.55. The first-order valence-electron chi connectivity index (χ1n) is 12.3. The van der Waals surface area contributed by atoms with Gasteiger partial charge in [-0.05, 0) is 85.4 Å². The lowest BCUT2D eigenvalue weighted by Gasteiger charge is -2.29. The summed E-state index contributed by atoms with van der Waals surface area (Å²) in [5.74, 6) is 0. The molecule has 1 heteroatoms. The minimum Gasteiger partial charge on any atom is -0.314 e. The summed E-state index contributed by atoms with van der Waals surface area (Å²) in [6.45, 7) is 4.35. The topological polar surface area (TPSA) is 3.24 Å². The Labute approximate surface area is 209 Å². The quantitative estimate of drug-likeness (QED) is 0.263. The van der Waals surface area contributed by atoms with Crippen LogP contribution in [0.2, 0.25) is 0 Å². The molecule has 0 atom stereocenters. The molecule has 0 unspecified atom stereocenters. The van der Waals surface area contributed by atoms with Crippen LogP contribution in [0.4, 0.5) is 11.4 Å². The maximum absolute atomic E-state index is 2.39. The van der Waals surface area contributed by atoms with Crippen molar-refractivity contribution in [3.8, 4) is 0 Å². The average Bonchev–Trinajstić information content (AvgIpc) is 2.91. The van der Waals surface area contributed by atoms with Gasteiger partial charge in [-0.25, -0.2) is 0 Å². The second-order valence-electron chi connectivity index (χ2n) is 9.22. The molecule has 0 heterocycles. The van der Waals surface area contributed by atoms with Gasteiger partial charge in [0.1, 0.15) is 0 Å². The standard InChI is InChI=1S/C34H31N/c1-26-13-19-31(20-14-26)35(32-21-15-27(2)16-22-32)33-23-17-28(18-24-33)25-34(29-9-5-3-6-10-29)30-11-7-4-8-12-30/h3-15,17-21,23-25H,16,22H2,1-2H3. The minimum absolute atomic E-state index is 1.05. The van der Waals surface area contributed by atoms with E-state index in [2.05, 4.69) is 146 Å². The molecule has 5 rings (SSSR count). The Hall–Kier alpha value is -4.10. The number of allylic oxidation sites excluding steroid dienone is 4. The highest BCUT2D eigenvalue weighted by molar-refractivity contribution is 5.91.